The molecule has 112 valence electrons. The average molecular weight is 286 g/mol. The maximum absolute atomic E-state index is 12.5. The van der Waals surface area contributed by atoms with E-state index in [1.807, 2.05) is 43.8 Å². The SMILES string of the molecule is CC(C)n1cc(N)cc1C(=O)N(C)CCc1ccncc1. The van der Waals surface area contributed by atoms with Gasteiger partial charge < -0.3 is 15.2 Å². The van der Waals surface area contributed by atoms with Gasteiger partial charge >= 0.3 is 0 Å². The number of carbonyl (C=O) groups is 1. The largest absolute Gasteiger partial charge is 0.397 e. The van der Waals surface area contributed by atoms with Crippen molar-refractivity contribution in [1.82, 2.24) is 14.5 Å². The zero-order valence-electron chi connectivity index (χ0n) is 12.8. The summed E-state index contributed by atoms with van der Waals surface area (Å²) in [6.45, 7) is 4.73. The number of pyridine rings is 1. The van der Waals surface area contributed by atoms with Crippen molar-refractivity contribution < 1.29 is 4.79 Å². The highest BCUT2D eigenvalue weighted by Crippen LogP contribution is 2.18. The van der Waals surface area contributed by atoms with Crippen LogP contribution in [0.3, 0.4) is 0 Å². The van der Waals surface area contributed by atoms with Gasteiger partial charge in [-0.05, 0) is 44.0 Å². The van der Waals surface area contributed by atoms with E-state index in [9.17, 15) is 4.79 Å². The Morgan fingerprint density at radius 2 is 2.05 bits per heavy atom. The van der Waals surface area contributed by atoms with E-state index >= 15 is 0 Å². The number of carbonyl (C=O) groups excluding carboxylic acids is 1. The summed E-state index contributed by atoms with van der Waals surface area (Å²) in [5, 5.41) is 0. The van der Waals surface area contributed by atoms with Gasteiger partial charge in [0, 0.05) is 38.2 Å². The van der Waals surface area contributed by atoms with Gasteiger partial charge in [-0.3, -0.25) is 9.78 Å². The van der Waals surface area contributed by atoms with E-state index in [1.165, 1.54) is 5.56 Å². The van der Waals surface area contributed by atoms with Crippen molar-refractivity contribution in [1.29, 1.82) is 0 Å². The van der Waals surface area contributed by atoms with Gasteiger partial charge in [0.05, 0.1) is 5.69 Å². The molecule has 0 saturated carbocycles. The molecule has 2 rings (SSSR count). The highest BCUT2D eigenvalue weighted by Gasteiger charge is 2.18. The third kappa shape index (κ3) is 3.62. The quantitative estimate of drug-likeness (QED) is 0.917. The zero-order valence-corrected chi connectivity index (χ0v) is 12.8. The molecule has 0 aliphatic rings. The van der Waals surface area contributed by atoms with Crippen LogP contribution >= 0.6 is 0 Å². The smallest absolute Gasteiger partial charge is 0.270 e. The van der Waals surface area contributed by atoms with Gasteiger partial charge in [-0.2, -0.15) is 0 Å². The highest BCUT2D eigenvalue weighted by atomic mass is 16.2. The molecular weight excluding hydrogens is 264 g/mol. The number of likely N-dealkylation sites (N-methyl/N-ethyl adjacent to an activating group) is 1. The van der Waals surface area contributed by atoms with E-state index in [2.05, 4.69) is 4.98 Å². The maximum Gasteiger partial charge on any atom is 0.270 e. The minimum Gasteiger partial charge on any atom is -0.397 e. The monoisotopic (exact) mass is 286 g/mol. The molecule has 0 aliphatic carbocycles. The fraction of sp³-hybridized carbons (Fsp3) is 0.375. The van der Waals surface area contributed by atoms with E-state index in [1.54, 1.807) is 23.4 Å². The van der Waals surface area contributed by atoms with Crippen LogP contribution in [0.1, 0.15) is 35.9 Å². The summed E-state index contributed by atoms with van der Waals surface area (Å²) in [7, 11) is 1.82. The summed E-state index contributed by atoms with van der Waals surface area (Å²) < 4.78 is 1.92. The number of amides is 1. The Hall–Kier alpha value is -2.30. The lowest BCUT2D eigenvalue weighted by molar-refractivity contribution is 0.0784. The zero-order chi connectivity index (χ0) is 15.4. The normalized spacial score (nSPS) is 10.9. The van der Waals surface area contributed by atoms with Gasteiger partial charge in [0.1, 0.15) is 5.69 Å². The number of nitrogens with zero attached hydrogens (tertiary/aromatic N) is 3. The lowest BCUT2D eigenvalue weighted by Crippen LogP contribution is -2.30. The van der Waals surface area contributed by atoms with E-state index in [-0.39, 0.29) is 11.9 Å². The van der Waals surface area contributed by atoms with Crippen molar-refractivity contribution in [2.45, 2.75) is 26.3 Å². The summed E-state index contributed by atoms with van der Waals surface area (Å²) in [6, 6.07) is 5.88. The molecule has 0 fully saturated rings. The molecule has 21 heavy (non-hydrogen) atoms. The lowest BCUT2D eigenvalue weighted by Gasteiger charge is -2.19. The summed E-state index contributed by atoms with van der Waals surface area (Å²) in [6.07, 6.45) is 6.15. The van der Waals surface area contributed by atoms with Crippen LogP contribution in [0.4, 0.5) is 5.69 Å². The van der Waals surface area contributed by atoms with Crippen molar-refractivity contribution in [3.8, 4) is 0 Å². The van der Waals surface area contributed by atoms with Crippen molar-refractivity contribution in [2.75, 3.05) is 19.3 Å². The van der Waals surface area contributed by atoms with Crippen LogP contribution in [0.5, 0.6) is 0 Å². The molecular formula is C16H22N4O. The predicted molar refractivity (Wildman–Crippen MR) is 84.1 cm³/mol. The van der Waals surface area contributed by atoms with Crippen LogP contribution in [0.2, 0.25) is 0 Å². The molecule has 5 heteroatoms. The lowest BCUT2D eigenvalue weighted by atomic mass is 10.2. The number of rotatable bonds is 5. The first-order chi connectivity index (χ1) is 9.99. The second kappa shape index (κ2) is 6.43. The maximum atomic E-state index is 12.5. The van der Waals surface area contributed by atoms with E-state index in [0.717, 1.165) is 6.42 Å². The number of hydrogen-bond donors (Lipinski definition) is 1. The van der Waals surface area contributed by atoms with Crippen LogP contribution in [-0.4, -0.2) is 34.0 Å². The van der Waals surface area contributed by atoms with Gasteiger partial charge in [-0.1, -0.05) is 0 Å². The average Bonchev–Trinajstić information content (AvgIpc) is 2.87. The molecule has 1 amide bonds. The van der Waals surface area contributed by atoms with Gasteiger partial charge in [-0.15, -0.1) is 0 Å². The summed E-state index contributed by atoms with van der Waals surface area (Å²) in [5.74, 6) is -0.00513. The number of hydrogen-bond acceptors (Lipinski definition) is 3. The Morgan fingerprint density at radius 1 is 1.38 bits per heavy atom. The van der Waals surface area contributed by atoms with E-state index < -0.39 is 0 Å². The molecule has 0 radical (unpaired) electrons. The summed E-state index contributed by atoms with van der Waals surface area (Å²) >= 11 is 0. The summed E-state index contributed by atoms with van der Waals surface area (Å²) in [4.78, 5) is 18.3. The first-order valence-electron chi connectivity index (χ1n) is 7.10. The Labute approximate surface area is 125 Å². The molecule has 2 aromatic rings. The van der Waals surface area contributed by atoms with Gasteiger partial charge in [0.15, 0.2) is 0 Å². The molecule has 0 aliphatic heterocycles. The molecule has 0 atom stereocenters. The third-order valence-electron chi connectivity index (χ3n) is 3.48. The number of anilines is 1. The minimum absolute atomic E-state index is 0.00513. The van der Waals surface area contributed by atoms with Crippen molar-refractivity contribution in [3.63, 3.8) is 0 Å². The molecule has 2 aromatic heterocycles. The first kappa shape index (κ1) is 15.1. The Kier molecular flexibility index (Phi) is 4.62. The fourth-order valence-corrected chi connectivity index (χ4v) is 2.24. The van der Waals surface area contributed by atoms with Crippen molar-refractivity contribution in [2.24, 2.45) is 0 Å². The standard InChI is InChI=1S/C16H22N4O/c1-12(2)20-11-14(17)10-15(20)16(21)19(3)9-6-13-4-7-18-8-5-13/h4-5,7-8,10-12H,6,9,17H2,1-3H3. The Morgan fingerprint density at radius 3 is 2.67 bits per heavy atom. The van der Waals surface area contributed by atoms with Gasteiger partial charge in [-0.25, -0.2) is 0 Å². The van der Waals surface area contributed by atoms with Gasteiger partial charge in [0.25, 0.3) is 5.91 Å². The van der Waals surface area contributed by atoms with Crippen LogP contribution in [-0.2, 0) is 6.42 Å². The molecule has 0 bridgehead atoms. The van der Waals surface area contributed by atoms with E-state index in [4.69, 9.17) is 5.73 Å². The number of nitrogen functional groups attached to an aromatic ring is 1. The molecule has 0 unspecified atom stereocenters. The number of nitrogens with two attached hydrogens (primary N) is 1. The summed E-state index contributed by atoms with van der Waals surface area (Å²) in [5.41, 5.74) is 8.25. The second-order valence-corrected chi connectivity index (χ2v) is 5.49. The van der Waals surface area contributed by atoms with Crippen molar-refractivity contribution in [3.05, 3.63) is 48.0 Å². The molecule has 0 aromatic carbocycles. The third-order valence-corrected chi connectivity index (χ3v) is 3.48. The molecule has 0 saturated heterocycles. The minimum atomic E-state index is -0.00513. The predicted octanol–water partition coefficient (Wildman–Crippen LogP) is 2.36. The first-order valence-corrected chi connectivity index (χ1v) is 7.10. The highest BCUT2D eigenvalue weighted by molar-refractivity contribution is 5.93. The molecule has 2 N–H and O–H groups in total. The van der Waals surface area contributed by atoms with Crippen LogP contribution in [0.25, 0.3) is 0 Å². The Balaban J connectivity index is 2.06. The van der Waals surface area contributed by atoms with Gasteiger partial charge in [0.2, 0.25) is 0 Å². The Bertz CT molecular complexity index is 604. The molecule has 0 spiro atoms. The van der Waals surface area contributed by atoms with Crippen LogP contribution in [0, 0.1) is 0 Å². The van der Waals surface area contributed by atoms with Crippen molar-refractivity contribution >= 4 is 11.6 Å². The van der Waals surface area contributed by atoms with Crippen LogP contribution < -0.4 is 5.73 Å². The van der Waals surface area contributed by atoms with E-state index in [0.29, 0.717) is 17.9 Å². The molecule has 2 heterocycles. The molecule has 5 nitrogen and oxygen atoms in total. The topological polar surface area (TPSA) is 64.2 Å². The fourth-order valence-electron chi connectivity index (χ4n) is 2.24. The van der Waals surface area contributed by atoms with Crippen LogP contribution in [0.15, 0.2) is 36.8 Å². The number of aromatic nitrogens is 2. The second-order valence-electron chi connectivity index (χ2n) is 5.49.